The van der Waals surface area contributed by atoms with Crippen LogP contribution in [0, 0.1) is 0 Å². The topological polar surface area (TPSA) is 91.9 Å². The molecule has 2 aromatic rings. The Morgan fingerprint density at radius 2 is 1.96 bits per heavy atom. The maximum atomic E-state index is 11.9. The molecule has 1 amide bonds. The molecule has 0 aliphatic rings. The summed E-state index contributed by atoms with van der Waals surface area (Å²) < 4.78 is 5.27. The van der Waals surface area contributed by atoms with Crippen LogP contribution < -0.4 is 10.6 Å². The van der Waals surface area contributed by atoms with Gasteiger partial charge in [-0.15, -0.1) is 0 Å². The first-order valence-electron chi connectivity index (χ1n) is 7.60. The summed E-state index contributed by atoms with van der Waals surface area (Å²) >= 11 is 0. The first kappa shape index (κ1) is 16.8. The zero-order chi connectivity index (χ0) is 16.9. The number of benzene rings is 1. The molecule has 23 heavy (non-hydrogen) atoms. The number of hydrogen-bond acceptors (Lipinski definition) is 5. The van der Waals surface area contributed by atoms with E-state index in [9.17, 15) is 4.79 Å². The summed E-state index contributed by atoms with van der Waals surface area (Å²) in [6.45, 7) is 7.96. The molecule has 0 aliphatic carbocycles. The average Bonchev–Trinajstić information content (AvgIpc) is 2.92. The highest BCUT2D eigenvalue weighted by Crippen LogP contribution is 2.22. The third-order valence-electron chi connectivity index (χ3n) is 2.90. The van der Waals surface area contributed by atoms with Crippen LogP contribution >= 0.6 is 0 Å². The summed E-state index contributed by atoms with van der Waals surface area (Å²) in [5.74, 6) is 1.52. The first-order chi connectivity index (χ1) is 10.9. The highest BCUT2D eigenvalue weighted by molar-refractivity contribution is 5.89. The van der Waals surface area contributed by atoms with Gasteiger partial charge in [0.05, 0.1) is 17.9 Å². The highest BCUT2D eigenvalue weighted by atomic mass is 16.6. The van der Waals surface area contributed by atoms with Crippen LogP contribution in [-0.2, 0) is 17.7 Å². The number of carbonyl (C=O) groups is 1. The number of aromatic nitrogens is 3. The van der Waals surface area contributed by atoms with E-state index in [4.69, 9.17) is 4.74 Å². The van der Waals surface area contributed by atoms with E-state index in [-0.39, 0.29) is 0 Å². The summed E-state index contributed by atoms with van der Waals surface area (Å²) in [6.07, 6.45) is 0.299. The molecular formula is C16H23N5O2. The molecule has 3 N–H and O–H groups in total. The van der Waals surface area contributed by atoms with Gasteiger partial charge in [0.1, 0.15) is 11.4 Å². The summed E-state index contributed by atoms with van der Waals surface area (Å²) in [5, 5.41) is 13.0. The van der Waals surface area contributed by atoms with Crippen LogP contribution in [0.2, 0.25) is 0 Å². The number of aryl methyl sites for hydroxylation is 1. The minimum atomic E-state index is -0.539. The van der Waals surface area contributed by atoms with E-state index in [0.717, 1.165) is 23.8 Å². The van der Waals surface area contributed by atoms with E-state index in [1.54, 1.807) is 0 Å². The molecule has 0 fully saturated rings. The molecule has 2 rings (SSSR count). The number of aromatic amines is 1. The molecule has 0 aliphatic heterocycles. The number of rotatable bonds is 5. The lowest BCUT2D eigenvalue weighted by Crippen LogP contribution is -2.27. The fourth-order valence-corrected chi connectivity index (χ4v) is 1.91. The minimum Gasteiger partial charge on any atom is -0.444 e. The Labute approximate surface area is 135 Å². The van der Waals surface area contributed by atoms with E-state index < -0.39 is 11.7 Å². The van der Waals surface area contributed by atoms with E-state index in [1.807, 2.05) is 52.0 Å². The van der Waals surface area contributed by atoms with E-state index in [0.29, 0.717) is 12.2 Å². The molecule has 7 heteroatoms. The van der Waals surface area contributed by atoms with Gasteiger partial charge in [0.2, 0.25) is 0 Å². The molecule has 0 atom stereocenters. The molecule has 0 radical (unpaired) electrons. The third kappa shape index (κ3) is 5.28. The fraction of sp³-hybridized carbons (Fsp3) is 0.438. The van der Waals surface area contributed by atoms with Gasteiger partial charge in [0.25, 0.3) is 0 Å². The maximum absolute atomic E-state index is 11.9. The number of ether oxygens (including phenoxy) is 1. The Hall–Kier alpha value is -2.57. The predicted molar refractivity (Wildman–Crippen MR) is 89.4 cm³/mol. The van der Waals surface area contributed by atoms with E-state index in [2.05, 4.69) is 25.8 Å². The Morgan fingerprint density at radius 3 is 2.57 bits per heavy atom. The second-order valence-corrected chi connectivity index (χ2v) is 6.08. The van der Waals surface area contributed by atoms with Gasteiger partial charge >= 0.3 is 6.09 Å². The van der Waals surface area contributed by atoms with Crippen molar-refractivity contribution in [2.45, 2.75) is 46.3 Å². The van der Waals surface area contributed by atoms with Crippen molar-refractivity contribution >= 4 is 17.5 Å². The van der Waals surface area contributed by atoms with Gasteiger partial charge in [0, 0.05) is 6.42 Å². The van der Waals surface area contributed by atoms with Gasteiger partial charge in [-0.3, -0.25) is 10.4 Å². The molecule has 7 nitrogen and oxygen atoms in total. The molecular weight excluding hydrogens is 294 g/mol. The lowest BCUT2D eigenvalue weighted by atomic mass is 10.2. The van der Waals surface area contributed by atoms with Crippen molar-refractivity contribution in [1.29, 1.82) is 0 Å². The SMILES string of the molecule is CCc1n[nH]c(CNc2ccccc2NC(=O)OC(C)(C)C)n1. The molecule has 0 saturated heterocycles. The van der Waals surface area contributed by atoms with Crippen LogP contribution in [0.5, 0.6) is 0 Å². The summed E-state index contributed by atoms with van der Waals surface area (Å²) in [5.41, 5.74) is 0.896. The second kappa shape index (κ2) is 7.13. The number of H-pyrrole nitrogens is 1. The molecule has 0 saturated carbocycles. The Balaban J connectivity index is 2.01. The van der Waals surface area contributed by atoms with Gasteiger partial charge in [-0.05, 0) is 32.9 Å². The van der Waals surface area contributed by atoms with Gasteiger partial charge in [-0.2, -0.15) is 5.10 Å². The number of nitrogens with zero attached hydrogens (tertiary/aromatic N) is 2. The lowest BCUT2D eigenvalue weighted by molar-refractivity contribution is 0.0636. The van der Waals surface area contributed by atoms with Crippen molar-refractivity contribution < 1.29 is 9.53 Å². The Bertz CT molecular complexity index is 660. The third-order valence-corrected chi connectivity index (χ3v) is 2.90. The molecule has 0 bridgehead atoms. The Morgan fingerprint density at radius 1 is 1.26 bits per heavy atom. The van der Waals surface area contributed by atoms with Crippen molar-refractivity contribution in [3.8, 4) is 0 Å². The number of para-hydroxylation sites is 2. The summed E-state index contributed by atoms with van der Waals surface area (Å²) in [7, 11) is 0. The van der Waals surface area contributed by atoms with Crippen LogP contribution in [0.25, 0.3) is 0 Å². The fourth-order valence-electron chi connectivity index (χ4n) is 1.91. The second-order valence-electron chi connectivity index (χ2n) is 6.08. The first-order valence-corrected chi connectivity index (χ1v) is 7.60. The highest BCUT2D eigenvalue weighted by Gasteiger charge is 2.17. The van der Waals surface area contributed by atoms with Crippen LogP contribution in [0.15, 0.2) is 24.3 Å². The van der Waals surface area contributed by atoms with Crippen LogP contribution in [0.4, 0.5) is 16.2 Å². The minimum absolute atomic E-state index is 0.486. The number of nitrogens with one attached hydrogen (secondary N) is 3. The number of hydrogen-bond donors (Lipinski definition) is 3. The molecule has 0 unspecified atom stereocenters. The van der Waals surface area contributed by atoms with E-state index >= 15 is 0 Å². The normalized spacial score (nSPS) is 11.1. The zero-order valence-electron chi connectivity index (χ0n) is 13.9. The van der Waals surface area contributed by atoms with Crippen LogP contribution in [0.3, 0.4) is 0 Å². The monoisotopic (exact) mass is 317 g/mol. The largest absolute Gasteiger partial charge is 0.444 e. The van der Waals surface area contributed by atoms with Crippen LogP contribution in [-0.4, -0.2) is 26.9 Å². The van der Waals surface area contributed by atoms with Crippen molar-refractivity contribution in [2.24, 2.45) is 0 Å². The standard InChI is InChI=1S/C16H23N5O2/c1-5-13-19-14(21-20-13)10-17-11-8-6-7-9-12(11)18-15(22)23-16(2,3)4/h6-9,17H,5,10H2,1-4H3,(H,18,22)(H,19,20,21). The van der Waals surface area contributed by atoms with Gasteiger partial charge in [0.15, 0.2) is 5.82 Å². The van der Waals surface area contributed by atoms with Crippen molar-refractivity contribution in [1.82, 2.24) is 15.2 Å². The van der Waals surface area contributed by atoms with Crippen molar-refractivity contribution in [2.75, 3.05) is 10.6 Å². The van der Waals surface area contributed by atoms with Crippen LogP contribution in [0.1, 0.15) is 39.3 Å². The number of amides is 1. The van der Waals surface area contributed by atoms with Gasteiger partial charge in [-0.1, -0.05) is 19.1 Å². The van der Waals surface area contributed by atoms with Gasteiger partial charge < -0.3 is 10.1 Å². The molecule has 1 aromatic heterocycles. The number of carbonyl (C=O) groups excluding carboxylic acids is 1. The van der Waals surface area contributed by atoms with Gasteiger partial charge in [-0.25, -0.2) is 9.78 Å². The summed E-state index contributed by atoms with van der Waals surface area (Å²) in [6, 6.07) is 7.43. The predicted octanol–water partition coefficient (Wildman–Crippen LogP) is 3.33. The Kier molecular flexibility index (Phi) is 5.20. The molecule has 0 spiro atoms. The van der Waals surface area contributed by atoms with Crippen molar-refractivity contribution in [3.05, 3.63) is 35.9 Å². The number of anilines is 2. The lowest BCUT2D eigenvalue weighted by Gasteiger charge is -2.20. The zero-order valence-corrected chi connectivity index (χ0v) is 13.9. The summed E-state index contributed by atoms with van der Waals surface area (Å²) in [4.78, 5) is 16.2. The smallest absolute Gasteiger partial charge is 0.412 e. The van der Waals surface area contributed by atoms with E-state index in [1.165, 1.54) is 0 Å². The quantitative estimate of drug-likeness (QED) is 0.786. The maximum Gasteiger partial charge on any atom is 0.412 e. The molecule has 124 valence electrons. The average molecular weight is 317 g/mol. The van der Waals surface area contributed by atoms with Crippen molar-refractivity contribution in [3.63, 3.8) is 0 Å². The molecule has 1 aromatic carbocycles. The molecule has 1 heterocycles.